The topological polar surface area (TPSA) is 125 Å². The maximum Gasteiger partial charge on any atom is 0.414 e. The van der Waals surface area contributed by atoms with Gasteiger partial charge in [-0.2, -0.15) is 0 Å². The van der Waals surface area contributed by atoms with Gasteiger partial charge in [0.2, 0.25) is 0 Å². The number of carbonyl (C=O) groups excluding carboxylic acids is 3. The Labute approximate surface area is 228 Å². The molecule has 11 nitrogen and oxygen atoms in total. The molecule has 2 aliphatic rings. The van der Waals surface area contributed by atoms with Crippen molar-refractivity contribution in [3.63, 3.8) is 0 Å². The van der Waals surface area contributed by atoms with Gasteiger partial charge in [-0.25, -0.2) is 14.4 Å². The van der Waals surface area contributed by atoms with Crippen LogP contribution in [0.4, 0.5) is 20.1 Å². The fourth-order valence-corrected chi connectivity index (χ4v) is 4.84. The summed E-state index contributed by atoms with van der Waals surface area (Å²) in [6, 6.07) is 16.1. The van der Waals surface area contributed by atoms with Crippen molar-refractivity contribution in [3.05, 3.63) is 65.7 Å². The first-order valence-corrected chi connectivity index (χ1v) is 13.2. The zero-order valence-corrected chi connectivity index (χ0v) is 22.3. The normalized spacial score (nSPS) is 18.3. The monoisotopic (exact) mass is 537 g/mol. The Balaban J connectivity index is 1.29. The van der Waals surface area contributed by atoms with E-state index in [9.17, 15) is 14.4 Å². The van der Waals surface area contributed by atoms with Gasteiger partial charge in [0.05, 0.1) is 13.2 Å². The predicted molar refractivity (Wildman–Crippen MR) is 145 cm³/mol. The first-order chi connectivity index (χ1) is 18.9. The van der Waals surface area contributed by atoms with Crippen LogP contribution in [0.25, 0.3) is 0 Å². The van der Waals surface area contributed by atoms with Crippen molar-refractivity contribution < 1.29 is 28.6 Å². The highest BCUT2D eigenvalue weighted by atomic mass is 16.6. The number of hydrogen-bond donors (Lipinski definition) is 2. The summed E-state index contributed by atoms with van der Waals surface area (Å²) in [6.45, 7) is 7.23. The van der Waals surface area contributed by atoms with E-state index in [4.69, 9.17) is 19.6 Å². The fourth-order valence-electron chi connectivity index (χ4n) is 4.84. The molecule has 39 heavy (non-hydrogen) atoms. The van der Waals surface area contributed by atoms with Gasteiger partial charge < -0.3 is 19.1 Å². The number of alkyl carbamates (subject to hydrolysis) is 1. The summed E-state index contributed by atoms with van der Waals surface area (Å²) in [5.74, 6) is -0.102. The number of nitrogens with zero attached hydrogens (tertiary/aromatic N) is 3. The average molecular weight is 538 g/mol. The minimum Gasteiger partial charge on any atom is -0.450 e. The molecule has 2 aromatic carbocycles. The molecule has 11 heteroatoms. The molecule has 0 spiro atoms. The van der Waals surface area contributed by atoms with E-state index in [0.717, 1.165) is 12.0 Å². The number of carbonyl (C=O) groups is 3. The molecular formula is C28H35N5O6. The molecule has 0 radical (unpaired) electrons. The molecule has 2 unspecified atom stereocenters. The lowest BCUT2D eigenvalue weighted by Crippen LogP contribution is -2.55. The van der Waals surface area contributed by atoms with Crippen molar-refractivity contribution in [1.29, 1.82) is 5.41 Å². The number of hydrogen-bond acceptors (Lipinski definition) is 8. The Morgan fingerprint density at radius 1 is 1.03 bits per heavy atom. The van der Waals surface area contributed by atoms with E-state index in [1.807, 2.05) is 30.3 Å². The van der Waals surface area contributed by atoms with E-state index < -0.39 is 12.2 Å². The molecule has 2 heterocycles. The fraction of sp³-hybridized carbons (Fsp3) is 0.429. The quantitative estimate of drug-likeness (QED) is 0.298. The first kappa shape index (κ1) is 27.9. The third-order valence-corrected chi connectivity index (χ3v) is 6.90. The Bertz CT molecular complexity index is 1150. The number of piperazine rings is 1. The van der Waals surface area contributed by atoms with Crippen molar-refractivity contribution in [2.45, 2.75) is 39.0 Å². The number of amidine groups is 1. The first-order valence-electron chi connectivity index (χ1n) is 13.2. The second kappa shape index (κ2) is 13.1. The van der Waals surface area contributed by atoms with Gasteiger partial charge in [0.1, 0.15) is 18.5 Å². The molecule has 2 saturated heterocycles. The molecular weight excluding hydrogens is 502 g/mol. The highest BCUT2D eigenvalue weighted by molar-refractivity contribution is 6.04. The van der Waals surface area contributed by atoms with Gasteiger partial charge in [-0.05, 0) is 43.2 Å². The molecule has 0 aliphatic carbocycles. The maximum absolute atomic E-state index is 12.8. The van der Waals surface area contributed by atoms with Crippen molar-refractivity contribution in [2.75, 3.05) is 44.2 Å². The standard InChI is InChI=1S/C28H35N5O6/c1-3-23(31-14-16-32(17-15-31)27(35)37-4-2)24-18-33(28(36)39-24)22-12-10-21(11-13-22)25(29)30-26(34)38-19-20-8-6-5-7-9-20/h5-13,23-24H,3-4,14-19H2,1-2H3,(H2,29,30,34). The van der Waals surface area contributed by atoms with Crippen molar-refractivity contribution in [2.24, 2.45) is 0 Å². The van der Waals surface area contributed by atoms with Crippen LogP contribution in [0.2, 0.25) is 0 Å². The molecule has 2 atom stereocenters. The number of benzene rings is 2. The summed E-state index contributed by atoms with van der Waals surface area (Å²) >= 11 is 0. The highest BCUT2D eigenvalue weighted by Gasteiger charge is 2.40. The summed E-state index contributed by atoms with van der Waals surface area (Å²) in [7, 11) is 0. The second-order valence-electron chi connectivity index (χ2n) is 9.34. The van der Waals surface area contributed by atoms with Gasteiger partial charge in [-0.1, -0.05) is 37.3 Å². The van der Waals surface area contributed by atoms with E-state index in [1.54, 1.807) is 41.0 Å². The van der Waals surface area contributed by atoms with Crippen LogP contribution in [-0.2, 0) is 20.8 Å². The van der Waals surface area contributed by atoms with Crippen molar-refractivity contribution >= 4 is 29.8 Å². The summed E-state index contributed by atoms with van der Waals surface area (Å²) < 4.78 is 16.0. The SMILES string of the molecule is CCOC(=O)N1CCN(C(CC)C2CN(c3ccc(C(=N)NC(=O)OCc4ccccc4)cc3)C(=O)O2)CC1. The summed E-state index contributed by atoms with van der Waals surface area (Å²) in [5, 5.41) is 10.6. The number of anilines is 1. The van der Waals surface area contributed by atoms with Crippen LogP contribution in [0, 0.1) is 5.41 Å². The lowest BCUT2D eigenvalue weighted by atomic mass is 10.0. The zero-order chi connectivity index (χ0) is 27.8. The zero-order valence-electron chi connectivity index (χ0n) is 22.3. The Morgan fingerprint density at radius 2 is 1.72 bits per heavy atom. The summed E-state index contributed by atoms with van der Waals surface area (Å²) in [5.41, 5.74) is 1.97. The van der Waals surface area contributed by atoms with E-state index >= 15 is 0 Å². The summed E-state index contributed by atoms with van der Waals surface area (Å²) in [4.78, 5) is 42.4. The Hall–Kier alpha value is -4.12. The van der Waals surface area contributed by atoms with Crippen LogP contribution >= 0.6 is 0 Å². The molecule has 0 bridgehead atoms. The van der Waals surface area contributed by atoms with Gasteiger partial charge in [0.25, 0.3) is 0 Å². The average Bonchev–Trinajstić information content (AvgIpc) is 3.34. The maximum atomic E-state index is 12.8. The Kier molecular flexibility index (Phi) is 9.37. The Morgan fingerprint density at radius 3 is 2.36 bits per heavy atom. The third-order valence-electron chi connectivity index (χ3n) is 6.90. The van der Waals surface area contributed by atoms with E-state index in [0.29, 0.717) is 50.6 Å². The van der Waals surface area contributed by atoms with Crippen LogP contribution in [0.5, 0.6) is 0 Å². The van der Waals surface area contributed by atoms with Gasteiger partial charge in [0.15, 0.2) is 0 Å². The van der Waals surface area contributed by atoms with Crippen LogP contribution in [-0.4, -0.2) is 85.4 Å². The number of cyclic esters (lactones) is 1. The minimum absolute atomic E-state index is 0.0295. The third kappa shape index (κ3) is 7.05. The van der Waals surface area contributed by atoms with Crippen LogP contribution in [0.1, 0.15) is 31.4 Å². The van der Waals surface area contributed by atoms with Gasteiger partial charge in [0, 0.05) is 43.5 Å². The molecule has 208 valence electrons. The van der Waals surface area contributed by atoms with Crippen LogP contribution in [0.3, 0.4) is 0 Å². The smallest absolute Gasteiger partial charge is 0.414 e. The molecule has 2 N–H and O–H groups in total. The number of ether oxygens (including phenoxy) is 3. The van der Waals surface area contributed by atoms with Gasteiger partial charge >= 0.3 is 18.3 Å². The van der Waals surface area contributed by atoms with Crippen molar-refractivity contribution in [3.8, 4) is 0 Å². The highest BCUT2D eigenvalue weighted by Crippen LogP contribution is 2.27. The molecule has 2 aliphatic heterocycles. The number of nitrogens with one attached hydrogen (secondary N) is 2. The van der Waals surface area contributed by atoms with Crippen LogP contribution < -0.4 is 10.2 Å². The van der Waals surface area contributed by atoms with E-state index in [2.05, 4.69) is 17.1 Å². The summed E-state index contributed by atoms with van der Waals surface area (Å²) in [6.07, 6.45) is -0.940. The predicted octanol–water partition coefficient (Wildman–Crippen LogP) is 3.82. The van der Waals surface area contributed by atoms with Crippen LogP contribution in [0.15, 0.2) is 54.6 Å². The molecule has 0 saturated carbocycles. The van der Waals surface area contributed by atoms with E-state index in [-0.39, 0.29) is 30.7 Å². The number of amides is 3. The minimum atomic E-state index is -0.715. The number of rotatable bonds is 8. The molecule has 3 amide bonds. The largest absolute Gasteiger partial charge is 0.450 e. The molecule has 0 aromatic heterocycles. The van der Waals surface area contributed by atoms with E-state index in [1.165, 1.54) is 0 Å². The second-order valence-corrected chi connectivity index (χ2v) is 9.34. The molecule has 2 fully saturated rings. The molecule has 4 rings (SSSR count). The van der Waals surface area contributed by atoms with Gasteiger partial charge in [-0.3, -0.25) is 20.5 Å². The van der Waals surface area contributed by atoms with Crippen molar-refractivity contribution in [1.82, 2.24) is 15.1 Å². The van der Waals surface area contributed by atoms with Gasteiger partial charge in [-0.15, -0.1) is 0 Å². The lowest BCUT2D eigenvalue weighted by molar-refractivity contribution is 0.0235. The lowest BCUT2D eigenvalue weighted by Gasteiger charge is -2.39. The molecule has 2 aromatic rings.